The largest absolute Gasteiger partial charge is 0.481 e. The van der Waals surface area contributed by atoms with E-state index in [2.05, 4.69) is 15.5 Å². The van der Waals surface area contributed by atoms with Crippen LogP contribution < -0.4 is 10.1 Å². The lowest BCUT2D eigenvalue weighted by atomic mass is 9.96. The first-order chi connectivity index (χ1) is 18.3. The van der Waals surface area contributed by atoms with E-state index in [1.807, 2.05) is 18.4 Å². The van der Waals surface area contributed by atoms with Crippen LogP contribution in [0.2, 0.25) is 10.0 Å². The molecule has 12 heteroatoms. The number of fused-ring (bicyclic) bond motifs is 1. The summed E-state index contributed by atoms with van der Waals surface area (Å²) >= 11 is 15.1. The Kier molecular flexibility index (Phi) is 9.97. The third-order valence-electron chi connectivity index (χ3n) is 6.27. The highest BCUT2D eigenvalue weighted by atomic mass is 35.5. The lowest BCUT2D eigenvalue weighted by Crippen LogP contribution is -2.17. The number of amides is 1. The second kappa shape index (κ2) is 13.2. The summed E-state index contributed by atoms with van der Waals surface area (Å²) in [7, 11) is 1.37. The van der Waals surface area contributed by atoms with Crippen molar-refractivity contribution in [3.63, 3.8) is 0 Å². The van der Waals surface area contributed by atoms with E-state index in [4.69, 9.17) is 32.7 Å². The number of nitrogens with one attached hydrogen (secondary N) is 1. The normalized spacial score (nSPS) is 14.2. The smallest absolute Gasteiger partial charge is 0.341 e. The molecular weight excluding hydrogens is 567 g/mol. The van der Waals surface area contributed by atoms with Crippen LogP contribution in [0.4, 0.5) is 5.00 Å². The lowest BCUT2D eigenvalue weighted by molar-refractivity contribution is -0.113. The molecule has 0 fully saturated rings. The van der Waals surface area contributed by atoms with Crippen LogP contribution in [0.5, 0.6) is 5.75 Å². The summed E-state index contributed by atoms with van der Waals surface area (Å²) in [6.45, 7) is 4.42. The van der Waals surface area contributed by atoms with Gasteiger partial charge in [-0.1, -0.05) is 47.8 Å². The van der Waals surface area contributed by atoms with E-state index in [0.717, 1.165) is 42.5 Å². The highest BCUT2D eigenvalue weighted by Gasteiger charge is 2.26. The maximum Gasteiger partial charge on any atom is 0.341 e. The minimum Gasteiger partial charge on any atom is -0.481 e. The standard InChI is InChI=1S/C26H30Cl2N4O4S2/c1-4-32-23(15(2)36-19-13-16(27)11-12-18(19)28)30-31-26(32)37-14-21(33)29-24-22(25(34)35-3)17-9-7-5-6-8-10-20(17)38-24/h11-13,15H,4-10,14H2,1-3H3,(H,29,33). The van der Waals surface area contributed by atoms with Crippen LogP contribution in [0.25, 0.3) is 0 Å². The quantitative estimate of drug-likeness (QED) is 0.210. The number of aryl methyl sites for hydroxylation is 1. The number of hydrogen-bond acceptors (Lipinski definition) is 8. The van der Waals surface area contributed by atoms with Crippen molar-refractivity contribution in [2.45, 2.75) is 70.2 Å². The Morgan fingerprint density at radius 1 is 1.18 bits per heavy atom. The summed E-state index contributed by atoms with van der Waals surface area (Å²) in [4.78, 5) is 26.8. The first-order valence-corrected chi connectivity index (χ1v) is 15.1. The molecule has 4 rings (SSSR count). The number of hydrogen-bond donors (Lipinski definition) is 1. The first kappa shape index (κ1) is 28.7. The Balaban J connectivity index is 1.45. The molecule has 38 heavy (non-hydrogen) atoms. The topological polar surface area (TPSA) is 95.3 Å². The van der Waals surface area contributed by atoms with Crippen molar-refractivity contribution >= 4 is 63.2 Å². The zero-order valence-electron chi connectivity index (χ0n) is 21.5. The maximum absolute atomic E-state index is 13.0. The number of nitrogens with zero attached hydrogens (tertiary/aromatic N) is 3. The van der Waals surface area contributed by atoms with E-state index in [9.17, 15) is 9.59 Å². The van der Waals surface area contributed by atoms with Crippen molar-refractivity contribution in [1.82, 2.24) is 14.8 Å². The highest BCUT2D eigenvalue weighted by molar-refractivity contribution is 7.99. The number of aromatic nitrogens is 3. The first-order valence-electron chi connectivity index (χ1n) is 12.5. The second-order valence-electron chi connectivity index (χ2n) is 8.87. The van der Waals surface area contributed by atoms with Gasteiger partial charge in [-0.3, -0.25) is 4.79 Å². The minimum atomic E-state index is -0.449. The van der Waals surface area contributed by atoms with Gasteiger partial charge >= 0.3 is 5.97 Å². The maximum atomic E-state index is 13.0. The molecule has 0 saturated heterocycles. The summed E-state index contributed by atoms with van der Waals surface area (Å²) in [5, 5.41) is 13.7. The zero-order valence-corrected chi connectivity index (χ0v) is 24.7. The fourth-order valence-corrected chi connectivity index (χ4v) is 6.86. The highest BCUT2D eigenvalue weighted by Crippen LogP contribution is 2.38. The molecule has 1 amide bonds. The van der Waals surface area contributed by atoms with E-state index >= 15 is 0 Å². The van der Waals surface area contributed by atoms with E-state index in [0.29, 0.717) is 43.9 Å². The van der Waals surface area contributed by atoms with Gasteiger partial charge in [-0.25, -0.2) is 4.79 Å². The third kappa shape index (κ3) is 6.65. The molecule has 1 aromatic carbocycles. The molecular formula is C26H30Cl2N4O4S2. The van der Waals surface area contributed by atoms with Crippen molar-refractivity contribution in [2.75, 3.05) is 18.2 Å². The van der Waals surface area contributed by atoms with Gasteiger partial charge in [0.2, 0.25) is 5.91 Å². The van der Waals surface area contributed by atoms with Gasteiger partial charge in [-0.2, -0.15) is 0 Å². The predicted molar refractivity (Wildman–Crippen MR) is 152 cm³/mol. The average Bonchev–Trinajstić information content (AvgIpc) is 3.45. The summed E-state index contributed by atoms with van der Waals surface area (Å²) in [5.41, 5.74) is 1.52. The molecule has 3 aromatic rings. The molecule has 0 saturated carbocycles. The van der Waals surface area contributed by atoms with Gasteiger partial charge in [0.15, 0.2) is 17.1 Å². The Hall–Kier alpha value is -2.27. The molecule has 8 nitrogen and oxygen atoms in total. The SMILES string of the molecule is CCn1c(SCC(=O)Nc2sc3c(c2C(=O)OC)CCCCCC3)nnc1C(C)Oc1cc(Cl)ccc1Cl. The molecule has 2 heterocycles. The van der Waals surface area contributed by atoms with Crippen LogP contribution in [0.3, 0.4) is 0 Å². The van der Waals surface area contributed by atoms with Crippen molar-refractivity contribution in [2.24, 2.45) is 0 Å². The van der Waals surface area contributed by atoms with Crippen LogP contribution in [-0.4, -0.2) is 39.5 Å². The van der Waals surface area contributed by atoms with Crippen LogP contribution >= 0.6 is 46.3 Å². The number of anilines is 1. The average molecular weight is 598 g/mol. The van der Waals surface area contributed by atoms with E-state index in [-0.39, 0.29) is 11.7 Å². The molecule has 1 aliphatic rings. The number of halogens is 2. The molecule has 0 radical (unpaired) electrons. The number of carbonyl (C=O) groups excluding carboxylic acids is 2. The van der Waals surface area contributed by atoms with Crippen molar-refractivity contribution in [1.29, 1.82) is 0 Å². The van der Waals surface area contributed by atoms with Gasteiger partial charge in [-0.15, -0.1) is 21.5 Å². The molecule has 2 aromatic heterocycles. The van der Waals surface area contributed by atoms with Gasteiger partial charge in [0.1, 0.15) is 10.8 Å². The Labute approximate surface area is 240 Å². The molecule has 1 aliphatic carbocycles. The second-order valence-corrected chi connectivity index (χ2v) is 11.8. The van der Waals surface area contributed by atoms with Gasteiger partial charge in [0, 0.05) is 22.5 Å². The van der Waals surface area contributed by atoms with Gasteiger partial charge < -0.3 is 19.4 Å². The van der Waals surface area contributed by atoms with E-state index in [1.54, 1.807) is 18.2 Å². The number of methoxy groups -OCH3 is 1. The number of ether oxygens (including phenoxy) is 2. The molecule has 1 N–H and O–H groups in total. The van der Waals surface area contributed by atoms with Gasteiger partial charge in [0.25, 0.3) is 0 Å². The lowest BCUT2D eigenvalue weighted by Gasteiger charge is -2.16. The molecule has 0 aliphatic heterocycles. The van der Waals surface area contributed by atoms with Crippen molar-refractivity contribution in [3.05, 3.63) is 50.1 Å². The van der Waals surface area contributed by atoms with Crippen LogP contribution in [0, 0.1) is 0 Å². The third-order valence-corrected chi connectivity index (χ3v) is 8.99. The number of carbonyl (C=O) groups is 2. The van der Waals surface area contributed by atoms with E-state index in [1.165, 1.54) is 36.6 Å². The van der Waals surface area contributed by atoms with Crippen molar-refractivity contribution < 1.29 is 19.1 Å². The monoisotopic (exact) mass is 596 g/mol. The number of benzene rings is 1. The van der Waals surface area contributed by atoms with Crippen LogP contribution in [0.1, 0.15) is 72.3 Å². The molecule has 1 atom stereocenters. The van der Waals surface area contributed by atoms with Crippen LogP contribution in [-0.2, 0) is 28.9 Å². The summed E-state index contributed by atoms with van der Waals surface area (Å²) < 4.78 is 13.0. The fourth-order valence-electron chi connectivity index (χ4n) is 4.43. The summed E-state index contributed by atoms with van der Waals surface area (Å²) in [6, 6.07) is 5.02. The molecule has 0 spiro atoms. The number of thiophene rings is 1. The Morgan fingerprint density at radius 2 is 1.95 bits per heavy atom. The molecule has 0 bridgehead atoms. The minimum absolute atomic E-state index is 0.108. The molecule has 1 unspecified atom stereocenters. The van der Waals surface area contributed by atoms with Gasteiger partial charge in [0.05, 0.1) is 23.4 Å². The number of thioether (sulfide) groups is 1. The number of rotatable bonds is 9. The summed E-state index contributed by atoms with van der Waals surface area (Å²) in [5.74, 6) is 0.540. The fraction of sp³-hybridized carbons (Fsp3) is 0.462. The Bertz CT molecular complexity index is 1310. The Morgan fingerprint density at radius 3 is 2.68 bits per heavy atom. The number of esters is 1. The summed E-state index contributed by atoms with van der Waals surface area (Å²) in [6.07, 6.45) is 5.72. The van der Waals surface area contributed by atoms with Crippen LogP contribution in [0.15, 0.2) is 23.4 Å². The van der Waals surface area contributed by atoms with Gasteiger partial charge in [-0.05, 0) is 57.2 Å². The predicted octanol–water partition coefficient (Wildman–Crippen LogP) is 6.98. The zero-order chi connectivity index (χ0) is 27.2. The van der Waals surface area contributed by atoms with E-state index < -0.39 is 12.1 Å². The van der Waals surface area contributed by atoms with Crippen molar-refractivity contribution in [3.8, 4) is 5.75 Å². The molecule has 204 valence electrons.